The SMILES string of the molecule is O=C(OCc1ccccc1)N1CC[C@H]2CC[C@H](Oc3ccc(F)cc3)[C@H]21. The zero-order valence-electron chi connectivity index (χ0n) is 14.5. The van der Waals surface area contributed by atoms with Crippen molar-refractivity contribution in [2.75, 3.05) is 6.54 Å². The number of carbonyl (C=O) groups is 1. The van der Waals surface area contributed by atoms with Crippen LogP contribution in [0, 0.1) is 11.7 Å². The summed E-state index contributed by atoms with van der Waals surface area (Å²) < 4.78 is 24.7. The summed E-state index contributed by atoms with van der Waals surface area (Å²) >= 11 is 0. The number of hydrogen-bond acceptors (Lipinski definition) is 3. The summed E-state index contributed by atoms with van der Waals surface area (Å²) in [5.41, 5.74) is 0.974. The molecule has 1 aliphatic carbocycles. The van der Waals surface area contributed by atoms with Crippen molar-refractivity contribution in [2.24, 2.45) is 5.92 Å². The lowest BCUT2D eigenvalue weighted by Crippen LogP contribution is -2.44. The van der Waals surface area contributed by atoms with Gasteiger partial charge < -0.3 is 14.4 Å². The lowest BCUT2D eigenvalue weighted by Gasteiger charge is -2.29. The maximum atomic E-state index is 13.1. The number of amides is 1. The Labute approximate surface area is 152 Å². The molecular formula is C21H22FNO3. The lowest BCUT2D eigenvalue weighted by molar-refractivity contribution is 0.0623. The molecular weight excluding hydrogens is 333 g/mol. The van der Waals surface area contributed by atoms with Crippen LogP contribution in [-0.4, -0.2) is 29.7 Å². The third kappa shape index (κ3) is 3.52. The molecule has 0 bridgehead atoms. The Bertz CT molecular complexity index is 750. The quantitative estimate of drug-likeness (QED) is 0.816. The van der Waals surface area contributed by atoms with E-state index in [9.17, 15) is 9.18 Å². The Balaban J connectivity index is 1.40. The molecule has 1 aliphatic heterocycles. The molecule has 136 valence electrons. The highest BCUT2D eigenvalue weighted by atomic mass is 19.1. The second-order valence-electron chi connectivity index (χ2n) is 6.96. The van der Waals surface area contributed by atoms with Crippen LogP contribution in [0.4, 0.5) is 9.18 Å². The molecule has 0 N–H and O–H groups in total. The molecule has 0 spiro atoms. The Morgan fingerprint density at radius 2 is 1.81 bits per heavy atom. The van der Waals surface area contributed by atoms with Crippen molar-refractivity contribution in [3.63, 3.8) is 0 Å². The highest BCUT2D eigenvalue weighted by Gasteiger charge is 2.47. The van der Waals surface area contributed by atoms with Gasteiger partial charge in [-0.1, -0.05) is 30.3 Å². The number of likely N-dealkylation sites (tertiary alicyclic amines) is 1. The minimum atomic E-state index is -0.284. The maximum absolute atomic E-state index is 13.1. The third-order valence-electron chi connectivity index (χ3n) is 5.33. The van der Waals surface area contributed by atoms with Gasteiger partial charge in [0.1, 0.15) is 24.3 Å². The van der Waals surface area contributed by atoms with Crippen LogP contribution in [0.15, 0.2) is 54.6 Å². The van der Waals surface area contributed by atoms with Crippen molar-refractivity contribution in [2.45, 2.75) is 38.0 Å². The summed E-state index contributed by atoms with van der Waals surface area (Å²) in [5.74, 6) is 0.805. The molecule has 0 aromatic heterocycles. The number of fused-ring (bicyclic) bond motifs is 1. The van der Waals surface area contributed by atoms with Crippen LogP contribution in [0.1, 0.15) is 24.8 Å². The molecule has 2 aromatic rings. The van der Waals surface area contributed by atoms with Crippen molar-refractivity contribution < 1.29 is 18.7 Å². The first-order valence-corrected chi connectivity index (χ1v) is 9.10. The summed E-state index contributed by atoms with van der Waals surface area (Å²) in [7, 11) is 0. The van der Waals surface area contributed by atoms with Crippen LogP contribution in [0.5, 0.6) is 5.75 Å². The van der Waals surface area contributed by atoms with Gasteiger partial charge in [0.15, 0.2) is 0 Å². The van der Waals surface area contributed by atoms with Crippen LogP contribution in [0.25, 0.3) is 0 Å². The number of hydrogen-bond donors (Lipinski definition) is 0. The van der Waals surface area contributed by atoms with Crippen LogP contribution < -0.4 is 4.74 Å². The largest absolute Gasteiger partial charge is 0.488 e. The smallest absolute Gasteiger partial charge is 0.410 e. The minimum absolute atomic E-state index is 0.0309. The summed E-state index contributed by atoms with van der Waals surface area (Å²) in [6, 6.07) is 15.8. The number of benzene rings is 2. The molecule has 2 aliphatic rings. The topological polar surface area (TPSA) is 38.8 Å². The molecule has 1 amide bonds. The molecule has 26 heavy (non-hydrogen) atoms. The molecule has 3 atom stereocenters. The van der Waals surface area contributed by atoms with E-state index in [1.807, 2.05) is 35.2 Å². The van der Waals surface area contributed by atoms with Crippen molar-refractivity contribution in [3.05, 3.63) is 66.0 Å². The standard InChI is InChI=1S/C21H22FNO3/c22-17-7-9-18(10-8-17)26-19-11-6-16-12-13-23(20(16)19)21(24)25-14-15-4-2-1-3-5-15/h1-5,7-10,16,19-20H,6,11-14H2/t16-,19+,20+/m1/s1. The van der Waals surface area contributed by atoms with Crippen LogP contribution in [0.2, 0.25) is 0 Å². The van der Waals surface area contributed by atoms with Crippen LogP contribution in [0.3, 0.4) is 0 Å². The number of carbonyl (C=O) groups excluding carboxylic acids is 1. The summed E-state index contributed by atoms with van der Waals surface area (Å²) in [6.45, 7) is 0.975. The minimum Gasteiger partial charge on any atom is -0.488 e. The first-order valence-electron chi connectivity index (χ1n) is 9.10. The van der Waals surface area contributed by atoms with Crippen molar-refractivity contribution in [3.8, 4) is 5.75 Å². The monoisotopic (exact) mass is 355 g/mol. The zero-order chi connectivity index (χ0) is 17.9. The summed E-state index contributed by atoms with van der Waals surface area (Å²) in [6.07, 6.45) is 2.57. The average molecular weight is 355 g/mol. The van der Waals surface area contributed by atoms with E-state index < -0.39 is 0 Å². The molecule has 0 radical (unpaired) electrons. The second kappa shape index (κ2) is 7.36. The number of ether oxygens (including phenoxy) is 2. The highest BCUT2D eigenvalue weighted by molar-refractivity contribution is 5.68. The van der Waals surface area contributed by atoms with E-state index in [1.165, 1.54) is 12.1 Å². The number of nitrogens with zero attached hydrogens (tertiary/aromatic N) is 1. The second-order valence-corrected chi connectivity index (χ2v) is 6.96. The predicted octanol–water partition coefficient (Wildman–Crippen LogP) is 4.39. The molecule has 4 nitrogen and oxygen atoms in total. The molecule has 1 saturated heterocycles. The van der Waals surface area contributed by atoms with Crippen molar-refractivity contribution in [1.82, 2.24) is 4.90 Å². The van der Waals surface area contributed by atoms with E-state index >= 15 is 0 Å². The van der Waals surface area contributed by atoms with Gasteiger partial charge in [0.25, 0.3) is 0 Å². The molecule has 0 unspecified atom stereocenters. The van der Waals surface area contributed by atoms with Gasteiger partial charge in [0.05, 0.1) is 6.04 Å². The highest BCUT2D eigenvalue weighted by Crippen LogP contribution is 2.40. The average Bonchev–Trinajstić information content (AvgIpc) is 3.25. The molecule has 2 aromatic carbocycles. The fourth-order valence-electron chi connectivity index (χ4n) is 4.08. The van der Waals surface area contributed by atoms with E-state index in [2.05, 4.69) is 0 Å². The Kier molecular flexibility index (Phi) is 4.78. The molecule has 1 saturated carbocycles. The van der Waals surface area contributed by atoms with Gasteiger partial charge in [-0.25, -0.2) is 9.18 Å². The van der Waals surface area contributed by atoms with Gasteiger partial charge in [-0.2, -0.15) is 0 Å². The fraction of sp³-hybridized carbons (Fsp3) is 0.381. The van der Waals surface area contributed by atoms with Gasteiger partial charge in [-0.3, -0.25) is 0 Å². The molecule has 1 heterocycles. The first kappa shape index (κ1) is 16.9. The number of rotatable bonds is 4. The molecule has 5 heteroatoms. The summed E-state index contributed by atoms with van der Waals surface area (Å²) in [4.78, 5) is 14.4. The molecule has 2 fully saturated rings. The van der Waals surface area contributed by atoms with Crippen molar-refractivity contribution in [1.29, 1.82) is 0 Å². The van der Waals surface area contributed by atoms with Crippen molar-refractivity contribution >= 4 is 6.09 Å². The van der Waals surface area contributed by atoms with Gasteiger partial charge in [-0.05, 0) is 55.0 Å². The van der Waals surface area contributed by atoms with E-state index in [0.29, 0.717) is 18.2 Å². The van der Waals surface area contributed by atoms with Crippen LogP contribution >= 0.6 is 0 Å². The Hall–Kier alpha value is -2.56. The van der Waals surface area contributed by atoms with E-state index in [0.717, 1.165) is 24.8 Å². The fourth-order valence-corrected chi connectivity index (χ4v) is 4.08. The summed E-state index contributed by atoms with van der Waals surface area (Å²) in [5, 5.41) is 0. The molecule has 4 rings (SSSR count). The predicted molar refractivity (Wildman–Crippen MR) is 95.3 cm³/mol. The normalized spacial score (nSPS) is 24.3. The lowest BCUT2D eigenvalue weighted by atomic mass is 10.0. The van der Waals surface area contributed by atoms with Gasteiger partial charge in [-0.15, -0.1) is 0 Å². The van der Waals surface area contributed by atoms with E-state index in [4.69, 9.17) is 9.47 Å². The van der Waals surface area contributed by atoms with E-state index in [1.54, 1.807) is 12.1 Å². The van der Waals surface area contributed by atoms with Gasteiger partial charge in [0, 0.05) is 6.54 Å². The Morgan fingerprint density at radius 3 is 2.58 bits per heavy atom. The van der Waals surface area contributed by atoms with Gasteiger partial charge in [0.2, 0.25) is 0 Å². The zero-order valence-corrected chi connectivity index (χ0v) is 14.5. The third-order valence-corrected chi connectivity index (χ3v) is 5.33. The Morgan fingerprint density at radius 1 is 1.04 bits per heavy atom. The van der Waals surface area contributed by atoms with Gasteiger partial charge >= 0.3 is 6.09 Å². The van der Waals surface area contributed by atoms with E-state index in [-0.39, 0.29) is 30.7 Å². The van der Waals surface area contributed by atoms with Crippen LogP contribution in [-0.2, 0) is 11.3 Å². The number of halogens is 1. The maximum Gasteiger partial charge on any atom is 0.410 e. The first-order chi connectivity index (χ1) is 12.7.